The molecule has 88 valence electrons. The molecule has 0 atom stereocenters. The maximum absolute atomic E-state index is 11.7. The van der Waals surface area contributed by atoms with Gasteiger partial charge in [-0.3, -0.25) is 4.79 Å². The molecule has 0 heterocycles. The van der Waals surface area contributed by atoms with Crippen molar-refractivity contribution in [3.63, 3.8) is 0 Å². The number of phenols is 1. The van der Waals surface area contributed by atoms with Gasteiger partial charge in [-0.1, -0.05) is 18.2 Å². The van der Waals surface area contributed by atoms with Crippen LogP contribution in [0, 0.1) is 0 Å². The summed E-state index contributed by atoms with van der Waals surface area (Å²) in [6, 6.07) is 6.87. The first kappa shape index (κ1) is 12.5. The highest BCUT2D eigenvalue weighted by atomic mass is 16.5. The van der Waals surface area contributed by atoms with Gasteiger partial charge in [0.2, 0.25) is 5.91 Å². The number of rotatable bonds is 5. The fourth-order valence-electron chi connectivity index (χ4n) is 1.31. The van der Waals surface area contributed by atoms with Gasteiger partial charge < -0.3 is 14.7 Å². The summed E-state index contributed by atoms with van der Waals surface area (Å²) < 4.78 is 4.89. The van der Waals surface area contributed by atoms with Crippen LogP contribution in [-0.2, 0) is 16.0 Å². The van der Waals surface area contributed by atoms with Crippen LogP contribution < -0.4 is 0 Å². The average molecular weight is 223 g/mol. The summed E-state index contributed by atoms with van der Waals surface area (Å²) in [7, 11) is 3.32. The minimum atomic E-state index is -0.0291. The van der Waals surface area contributed by atoms with E-state index in [1.165, 1.54) is 0 Å². The number of ether oxygens (including phenoxy) is 1. The molecule has 0 saturated carbocycles. The number of phenolic OH excluding ortho intramolecular Hbond substituents is 1. The molecule has 1 amide bonds. The third-order valence-electron chi connectivity index (χ3n) is 2.39. The van der Waals surface area contributed by atoms with Crippen LogP contribution in [0.4, 0.5) is 0 Å². The molecule has 0 radical (unpaired) electrons. The van der Waals surface area contributed by atoms with Gasteiger partial charge in [0.15, 0.2) is 0 Å². The molecular formula is C12H17NO3. The van der Waals surface area contributed by atoms with Gasteiger partial charge >= 0.3 is 0 Å². The molecule has 1 rings (SSSR count). The summed E-state index contributed by atoms with van der Waals surface area (Å²) in [5.74, 6) is 0.134. The average Bonchev–Trinajstić information content (AvgIpc) is 2.28. The van der Waals surface area contributed by atoms with Crippen molar-refractivity contribution < 1.29 is 14.6 Å². The predicted octanol–water partition coefficient (Wildman–Crippen LogP) is 1.04. The molecule has 0 unspecified atom stereocenters. The van der Waals surface area contributed by atoms with Crippen molar-refractivity contribution in [2.75, 3.05) is 27.3 Å². The number of para-hydroxylation sites is 1. The Hall–Kier alpha value is -1.55. The molecule has 1 aromatic carbocycles. The van der Waals surface area contributed by atoms with Crippen molar-refractivity contribution >= 4 is 5.91 Å². The molecule has 1 aromatic rings. The van der Waals surface area contributed by atoms with Gasteiger partial charge in [0.25, 0.3) is 0 Å². The number of methoxy groups -OCH3 is 1. The predicted molar refractivity (Wildman–Crippen MR) is 61.3 cm³/mol. The second kappa shape index (κ2) is 6.12. The molecule has 0 fully saturated rings. The minimum Gasteiger partial charge on any atom is -0.508 e. The summed E-state index contributed by atoms with van der Waals surface area (Å²) in [4.78, 5) is 13.3. The highest BCUT2D eigenvalue weighted by Crippen LogP contribution is 2.16. The molecule has 16 heavy (non-hydrogen) atoms. The lowest BCUT2D eigenvalue weighted by molar-refractivity contribution is -0.129. The van der Waals surface area contributed by atoms with Gasteiger partial charge in [-0.25, -0.2) is 0 Å². The van der Waals surface area contributed by atoms with E-state index in [0.29, 0.717) is 18.7 Å². The summed E-state index contributed by atoms with van der Waals surface area (Å²) in [6.07, 6.45) is 0.215. The maximum Gasteiger partial charge on any atom is 0.226 e. The first-order chi connectivity index (χ1) is 7.65. The van der Waals surface area contributed by atoms with Crippen LogP contribution in [0.15, 0.2) is 24.3 Å². The SMILES string of the molecule is COCCN(C)C(=O)Cc1ccccc1O. The molecule has 0 aliphatic heterocycles. The van der Waals surface area contributed by atoms with Gasteiger partial charge in [0.1, 0.15) is 5.75 Å². The monoisotopic (exact) mass is 223 g/mol. The smallest absolute Gasteiger partial charge is 0.226 e. The van der Waals surface area contributed by atoms with Gasteiger partial charge in [0, 0.05) is 26.3 Å². The molecule has 0 spiro atoms. The van der Waals surface area contributed by atoms with Gasteiger partial charge in [-0.05, 0) is 6.07 Å². The Morgan fingerprint density at radius 2 is 2.12 bits per heavy atom. The highest BCUT2D eigenvalue weighted by Gasteiger charge is 2.11. The van der Waals surface area contributed by atoms with Crippen LogP contribution in [-0.4, -0.2) is 43.2 Å². The topological polar surface area (TPSA) is 49.8 Å². The third-order valence-corrected chi connectivity index (χ3v) is 2.39. The molecular weight excluding hydrogens is 206 g/mol. The van der Waals surface area contributed by atoms with E-state index in [4.69, 9.17) is 4.74 Å². The number of benzene rings is 1. The van der Waals surface area contributed by atoms with Crippen molar-refractivity contribution in [2.45, 2.75) is 6.42 Å². The van der Waals surface area contributed by atoms with E-state index in [1.54, 1.807) is 43.3 Å². The standard InChI is InChI=1S/C12H17NO3/c1-13(7-8-16-2)12(15)9-10-5-3-4-6-11(10)14/h3-6,14H,7-9H2,1-2H3. The van der Waals surface area contributed by atoms with E-state index in [0.717, 1.165) is 0 Å². The molecule has 0 saturated heterocycles. The van der Waals surface area contributed by atoms with Crippen LogP contribution in [0.25, 0.3) is 0 Å². The number of carbonyl (C=O) groups excluding carboxylic acids is 1. The van der Waals surface area contributed by atoms with Crippen LogP contribution in [0.2, 0.25) is 0 Å². The second-order valence-corrected chi connectivity index (χ2v) is 3.61. The van der Waals surface area contributed by atoms with E-state index in [-0.39, 0.29) is 18.1 Å². The Morgan fingerprint density at radius 3 is 2.75 bits per heavy atom. The van der Waals surface area contributed by atoms with Gasteiger partial charge in [-0.2, -0.15) is 0 Å². The zero-order chi connectivity index (χ0) is 12.0. The number of carbonyl (C=O) groups is 1. The lowest BCUT2D eigenvalue weighted by Crippen LogP contribution is -2.31. The molecule has 1 N–H and O–H groups in total. The number of nitrogens with zero attached hydrogens (tertiary/aromatic N) is 1. The largest absolute Gasteiger partial charge is 0.508 e. The normalized spacial score (nSPS) is 10.1. The van der Waals surface area contributed by atoms with Crippen molar-refractivity contribution in [1.82, 2.24) is 4.90 Å². The highest BCUT2D eigenvalue weighted by molar-refractivity contribution is 5.79. The maximum atomic E-state index is 11.7. The lowest BCUT2D eigenvalue weighted by Gasteiger charge is -2.16. The van der Waals surface area contributed by atoms with E-state index in [2.05, 4.69) is 0 Å². The minimum absolute atomic E-state index is 0.0291. The number of hydrogen-bond donors (Lipinski definition) is 1. The van der Waals surface area contributed by atoms with E-state index < -0.39 is 0 Å². The lowest BCUT2D eigenvalue weighted by atomic mass is 10.1. The van der Waals surface area contributed by atoms with Crippen LogP contribution in [0.5, 0.6) is 5.75 Å². The third kappa shape index (κ3) is 3.55. The molecule has 0 bridgehead atoms. The van der Waals surface area contributed by atoms with E-state index in [9.17, 15) is 9.90 Å². The number of hydrogen-bond acceptors (Lipinski definition) is 3. The Morgan fingerprint density at radius 1 is 1.44 bits per heavy atom. The molecule has 0 aliphatic carbocycles. The molecule has 4 heteroatoms. The van der Waals surface area contributed by atoms with Crippen LogP contribution >= 0.6 is 0 Å². The number of likely N-dealkylation sites (N-methyl/N-ethyl adjacent to an activating group) is 1. The van der Waals surface area contributed by atoms with Crippen molar-refractivity contribution in [2.24, 2.45) is 0 Å². The first-order valence-corrected chi connectivity index (χ1v) is 5.15. The van der Waals surface area contributed by atoms with E-state index >= 15 is 0 Å². The first-order valence-electron chi connectivity index (χ1n) is 5.15. The summed E-state index contributed by atoms with van der Waals surface area (Å²) >= 11 is 0. The van der Waals surface area contributed by atoms with Crippen LogP contribution in [0.3, 0.4) is 0 Å². The molecule has 0 aliphatic rings. The fourth-order valence-corrected chi connectivity index (χ4v) is 1.31. The van der Waals surface area contributed by atoms with Crippen molar-refractivity contribution in [1.29, 1.82) is 0 Å². The summed E-state index contributed by atoms with van der Waals surface area (Å²) in [5, 5.41) is 9.52. The number of aromatic hydroxyl groups is 1. The fraction of sp³-hybridized carbons (Fsp3) is 0.417. The summed E-state index contributed by atoms with van der Waals surface area (Å²) in [6.45, 7) is 1.08. The van der Waals surface area contributed by atoms with Crippen LogP contribution in [0.1, 0.15) is 5.56 Å². The van der Waals surface area contributed by atoms with Gasteiger partial charge in [-0.15, -0.1) is 0 Å². The van der Waals surface area contributed by atoms with Crippen molar-refractivity contribution in [3.05, 3.63) is 29.8 Å². The number of amides is 1. The summed E-state index contributed by atoms with van der Waals surface area (Å²) in [5.41, 5.74) is 0.650. The quantitative estimate of drug-likeness (QED) is 0.811. The Balaban J connectivity index is 2.54. The molecule has 4 nitrogen and oxygen atoms in total. The van der Waals surface area contributed by atoms with Crippen molar-refractivity contribution in [3.8, 4) is 5.75 Å². The van der Waals surface area contributed by atoms with Gasteiger partial charge in [0.05, 0.1) is 13.0 Å². The molecule has 0 aromatic heterocycles. The zero-order valence-corrected chi connectivity index (χ0v) is 9.64. The Kier molecular flexibility index (Phi) is 4.79. The second-order valence-electron chi connectivity index (χ2n) is 3.61. The van der Waals surface area contributed by atoms with E-state index in [1.807, 2.05) is 0 Å². The Bertz CT molecular complexity index is 352. The Labute approximate surface area is 95.5 Å². The zero-order valence-electron chi connectivity index (χ0n) is 9.64.